The third-order valence-corrected chi connectivity index (χ3v) is 6.44. The molecule has 2 saturated heterocycles. The highest BCUT2D eigenvalue weighted by atomic mass is 16.2. The maximum Gasteiger partial charge on any atom is 0.327 e. The molecule has 0 radical (unpaired) electrons. The lowest BCUT2D eigenvalue weighted by atomic mass is 9.86. The molecule has 152 valence electrons. The Balaban J connectivity index is 1.63. The molecule has 1 aromatic heterocycles. The van der Waals surface area contributed by atoms with E-state index in [-0.39, 0.29) is 17.8 Å². The molecule has 0 bridgehead atoms. The van der Waals surface area contributed by atoms with Crippen molar-refractivity contribution >= 4 is 28.7 Å². The Hall–Kier alpha value is -2.96. The number of carbonyl (C=O) groups excluding carboxylic acids is 3. The second-order valence-corrected chi connectivity index (χ2v) is 8.05. The molecule has 0 atom stereocenters. The number of aryl methyl sites for hydroxylation is 2. The van der Waals surface area contributed by atoms with Gasteiger partial charge in [0.05, 0.1) is 11.1 Å². The third kappa shape index (κ3) is 2.87. The van der Waals surface area contributed by atoms with Gasteiger partial charge in [0, 0.05) is 38.3 Å². The molecular formula is C22H26N4O3. The third-order valence-electron chi connectivity index (χ3n) is 6.44. The number of hydrogen-bond donors (Lipinski definition) is 0. The molecule has 2 fully saturated rings. The molecule has 3 heterocycles. The molecule has 2 aliphatic heterocycles. The predicted molar refractivity (Wildman–Crippen MR) is 110 cm³/mol. The van der Waals surface area contributed by atoms with E-state index < -0.39 is 5.54 Å². The van der Waals surface area contributed by atoms with Crippen molar-refractivity contribution in [1.82, 2.24) is 19.7 Å². The van der Waals surface area contributed by atoms with E-state index in [1.807, 2.05) is 31.2 Å². The van der Waals surface area contributed by atoms with Crippen LogP contribution in [-0.2, 0) is 11.2 Å². The molecular weight excluding hydrogens is 368 g/mol. The molecule has 0 unspecified atom stereocenters. The van der Waals surface area contributed by atoms with E-state index in [1.54, 1.807) is 11.9 Å². The quantitative estimate of drug-likeness (QED) is 0.734. The molecule has 2 aromatic rings. The van der Waals surface area contributed by atoms with Gasteiger partial charge in [-0.3, -0.25) is 19.5 Å². The Morgan fingerprint density at radius 2 is 1.83 bits per heavy atom. The summed E-state index contributed by atoms with van der Waals surface area (Å²) < 4.78 is 0. The van der Waals surface area contributed by atoms with Crippen molar-refractivity contribution in [1.29, 1.82) is 0 Å². The number of pyridine rings is 1. The Kier molecular flexibility index (Phi) is 4.56. The smallest absolute Gasteiger partial charge is 0.327 e. The standard InChI is InChI=1S/C22H26N4O3/c1-5-15-6-7-18-16(13-15)17(12-14(2)23-18)19(27)26-10-8-22(9-11-26)20(28)24(3)21(29)25(22)4/h6-7,12-13H,5,8-11H2,1-4H3. The molecule has 0 saturated carbocycles. The SMILES string of the molecule is CCc1ccc2nc(C)cc(C(=O)N3CCC4(CC3)C(=O)N(C)C(=O)N4C)c2c1. The Morgan fingerprint density at radius 3 is 2.41 bits per heavy atom. The Labute approximate surface area is 170 Å². The van der Waals surface area contributed by atoms with Gasteiger partial charge in [0.15, 0.2) is 0 Å². The maximum absolute atomic E-state index is 13.4. The van der Waals surface area contributed by atoms with Crippen LogP contribution in [0.2, 0.25) is 0 Å². The average Bonchev–Trinajstić information content (AvgIpc) is 2.89. The summed E-state index contributed by atoms with van der Waals surface area (Å²) in [6.45, 7) is 4.85. The van der Waals surface area contributed by atoms with E-state index in [2.05, 4.69) is 11.9 Å². The van der Waals surface area contributed by atoms with Crippen molar-refractivity contribution in [2.45, 2.75) is 38.6 Å². The number of urea groups is 1. The summed E-state index contributed by atoms with van der Waals surface area (Å²) in [5, 5.41) is 0.865. The molecule has 0 N–H and O–H groups in total. The number of hydrogen-bond acceptors (Lipinski definition) is 4. The molecule has 4 amide bonds. The maximum atomic E-state index is 13.4. The van der Waals surface area contributed by atoms with Crippen molar-refractivity contribution in [2.75, 3.05) is 27.2 Å². The lowest BCUT2D eigenvalue weighted by Gasteiger charge is -2.40. The number of rotatable bonds is 2. The fraction of sp³-hybridized carbons (Fsp3) is 0.455. The van der Waals surface area contributed by atoms with Crippen LogP contribution >= 0.6 is 0 Å². The highest BCUT2D eigenvalue weighted by Gasteiger charge is 2.55. The van der Waals surface area contributed by atoms with Crippen molar-refractivity contribution in [2.24, 2.45) is 0 Å². The summed E-state index contributed by atoms with van der Waals surface area (Å²) in [6.07, 6.45) is 1.79. The summed E-state index contributed by atoms with van der Waals surface area (Å²) in [6, 6.07) is 7.62. The first-order chi connectivity index (χ1) is 13.8. The summed E-state index contributed by atoms with van der Waals surface area (Å²) in [4.78, 5) is 47.4. The van der Waals surface area contributed by atoms with Crippen LogP contribution in [0.15, 0.2) is 24.3 Å². The van der Waals surface area contributed by atoms with Crippen LogP contribution in [0.5, 0.6) is 0 Å². The van der Waals surface area contributed by atoms with Gasteiger partial charge >= 0.3 is 6.03 Å². The summed E-state index contributed by atoms with van der Waals surface area (Å²) in [7, 11) is 3.19. The number of likely N-dealkylation sites (N-methyl/N-ethyl adjacent to an activating group) is 2. The van der Waals surface area contributed by atoms with Crippen LogP contribution in [0.3, 0.4) is 0 Å². The number of likely N-dealkylation sites (tertiary alicyclic amines) is 1. The minimum absolute atomic E-state index is 0.0450. The Bertz CT molecular complexity index is 1020. The molecule has 4 rings (SSSR count). The zero-order valence-corrected chi connectivity index (χ0v) is 17.4. The molecule has 1 spiro atoms. The number of piperidine rings is 1. The zero-order valence-electron chi connectivity index (χ0n) is 17.4. The average molecular weight is 394 g/mol. The highest BCUT2D eigenvalue weighted by molar-refractivity contribution is 6.08. The normalized spacial score (nSPS) is 19.0. The van der Waals surface area contributed by atoms with Crippen LogP contribution in [0.4, 0.5) is 4.79 Å². The second-order valence-electron chi connectivity index (χ2n) is 8.05. The van der Waals surface area contributed by atoms with E-state index in [0.717, 1.165) is 28.6 Å². The Morgan fingerprint density at radius 1 is 1.14 bits per heavy atom. The van der Waals surface area contributed by atoms with E-state index in [1.165, 1.54) is 16.8 Å². The minimum atomic E-state index is -0.825. The van der Waals surface area contributed by atoms with Gasteiger partial charge in [-0.25, -0.2) is 4.79 Å². The monoisotopic (exact) mass is 394 g/mol. The van der Waals surface area contributed by atoms with E-state index in [9.17, 15) is 14.4 Å². The molecule has 7 nitrogen and oxygen atoms in total. The molecule has 0 aliphatic carbocycles. The molecule has 1 aromatic carbocycles. The fourth-order valence-electron chi connectivity index (χ4n) is 4.55. The van der Waals surface area contributed by atoms with Gasteiger partial charge in [-0.15, -0.1) is 0 Å². The summed E-state index contributed by atoms with van der Waals surface area (Å²) in [5.74, 6) is -0.216. The molecule has 29 heavy (non-hydrogen) atoms. The number of aromatic nitrogens is 1. The van der Waals surface area contributed by atoms with Gasteiger partial charge in [0.1, 0.15) is 5.54 Å². The van der Waals surface area contributed by atoms with Crippen LogP contribution in [0.25, 0.3) is 10.9 Å². The number of carbonyl (C=O) groups is 3. The van der Waals surface area contributed by atoms with Crippen molar-refractivity contribution < 1.29 is 14.4 Å². The van der Waals surface area contributed by atoms with Crippen molar-refractivity contribution in [3.63, 3.8) is 0 Å². The fourth-order valence-corrected chi connectivity index (χ4v) is 4.55. The van der Waals surface area contributed by atoms with Crippen molar-refractivity contribution in [3.05, 3.63) is 41.1 Å². The largest absolute Gasteiger partial charge is 0.338 e. The predicted octanol–water partition coefficient (Wildman–Crippen LogP) is 2.60. The van der Waals surface area contributed by atoms with Gasteiger partial charge in [0.25, 0.3) is 11.8 Å². The summed E-state index contributed by atoms with van der Waals surface area (Å²) in [5.41, 5.74) is 2.61. The second kappa shape index (κ2) is 6.83. The number of fused-ring (bicyclic) bond motifs is 1. The number of imide groups is 1. The van der Waals surface area contributed by atoms with Crippen LogP contribution in [-0.4, -0.2) is 70.3 Å². The van der Waals surface area contributed by atoms with Gasteiger partial charge in [-0.05, 0) is 49.9 Å². The summed E-state index contributed by atoms with van der Waals surface area (Å²) >= 11 is 0. The lowest BCUT2D eigenvalue weighted by molar-refractivity contribution is -0.134. The van der Waals surface area contributed by atoms with Crippen LogP contribution < -0.4 is 0 Å². The number of amides is 4. The topological polar surface area (TPSA) is 73.8 Å². The van der Waals surface area contributed by atoms with Crippen LogP contribution in [0.1, 0.15) is 41.4 Å². The molecule has 7 heteroatoms. The van der Waals surface area contributed by atoms with Gasteiger partial charge < -0.3 is 9.80 Å². The highest BCUT2D eigenvalue weighted by Crippen LogP contribution is 2.36. The zero-order chi connectivity index (χ0) is 20.9. The lowest BCUT2D eigenvalue weighted by Crippen LogP contribution is -2.56. The van der Waals surface area contributed by atoms with Gasteiger partial charge in [-0.2, -0.15) is 0 Å². The minimum Gasteiger partial charge on any atom is -0.338 e. The van der Waals surface area contributed by atoms with Crippen molar-refractivity contribution in [3.8, 4) is 0 Å². The number of nitrogens with zero attached hydrogens (tertiary/aromatic N) is 4. The van der Waals surface area contributed by atoms with E-state index in [4.69, 9.17) is 0 Å². The van der Waals surface area contributed by atoms with Crippen LogP contribution in [0, 0.1) is 6.92 Å². The first kappa shape index (κ1) is 19.4. The first-order valence-corrected chi connectivity index (χ1v) is 10.0. The first-order valence-electron chi connectivity index (χ1n) is 10.0. The van der Waals surface area contributed by atoms with E-state index >= 15 is 0 Å². The van der Waals surface area contributed by atoms with Gasteiger partial charge in [0.2, 0.25) is 0 Å². The number of benzene rings is 1. The van der Waals surface area contributed by atoms with E-state index in [0.29, 0.717) is 31.5 Å². The van der Waals surface area contributed by atoms with Gasteiger partial charge in [-0.1, -0.05) is 13.0 Å². The molecule has 2 aliphatic rings.